The van der Waals surface area contributed by atoms with Gasteiger partial charge in [0.25, 0.3) is 11.8 Å². The molecular weight excluding hydrogens is 380 g/mol. The predicted octanol–water partition coefficient (Wildman–Crippen LogP) is 3.88. The van der Waals surface area contributed by atoms with Crippen molar-refractivity contribution in [2.75, 3.05) is 13.2 Å². The molecule has 0 fully saturated rings. The van der Waals surface area contributed by atoms with E-state index >= 15 is 0 Å². The maximum Gasteiger partial charge on any atom is 0.276 e. The van der Waals surface area contributed by atoms with Gasteiger partial charge in [0.2, 0.25) is 0 Å². The number of aryl methyl sites for hydroxylation is 1. The average molecular weight is 406 g/mol. The van der Waals surface area contributed by atoms with Crippen LogP contribution in [-0.2, 0) is 9.59 Å². The standard InChI is InChI=1S/C24H26N2O4/c1-16(2)21-11-8-17(3)12-22(21)30-15-24(28)26-25-23(27)14-29-20-10-9-18-6-4-5-7-19(18)13-20/h4-13,16H,14-15H2,1-3H3,(H,25,27)(H,26,28). The Kier molecular flexibility index (Phi) is 6.91. The zero-order valence-electron chi connectivity index (χ0n) is 17.4. The van der Waals surface area contributed by atoms with Crippen LogP contribution in [0.3, 0.4) is 0 Å². The molecule has 0 aliphatic rings. The van der Waals surface area contributed by atoms with Crippen molar-refractivity contribution in [1.82, 2.24) is 10.9 Å². The van der Waals surface area contributed by atoms with Crippen LogP contribution in [0.25, 0.3) is 10.8 Å². The molecule has 3 aromatic carbocycles. The van der Waals surface area contributed by atoms with Crippen LogP contribution < -0.4 is 20.3 Å². The van der Waals surface area contributed by atoms with Crippen molar-refractivity contribution >= 4 is 22.6 Å². The van der Waals surface area contributed by atoms with Crippen LogP contribution in [0.4, 0.5) is 0 Å². The van der Waals surface area contributed by atoms with E-state index in [2.05, 4.69) is 24.7 Å². The van der Waals surface area contributed by atoms with E-state index < -0.39 is 11.8 Å². The Labute approximate surface area is 176 Å². The van der Waals surface area contributed by atoms with Gasteiger partial charge in [-0.05, 0) is 52.9 Å². The Morgan fingerprint density at radius 3 is 2.20 bits per heavy atom. The molecule has 0 aromatic heterocycles. The van der Waals surface area contributed by atoms with Gasteiger partial charge in [-0.2, -0.15) is 0 Å². The van der Waals surface area contributed by atoms with Crippen molar-refractivity contribution in [3.8, 4) is 11.5 Å². The fourth-order valence-corrected chi connectivity index (χ4v) is 3.00. The molecule has 0 saturated heterocycles. The molecule has 0 heterocycles. The molecule has 6 heteroatoms. The molecule has 0 aliphatic heterocycles. The summed E-state index contributed by atoms with van der Waals surface area (Å²) in [4.78, 5) is 24.0. The SMILES string of the molecule is Cc1ccc(C(C)C)c(OCC(=O)NNC(=O)COc2ccc3ccccc3c2)c1. The van der Waals surface area contributed by atoms with E-state index in [-0.39, 0.29) is 19.1 Å². The zero-order valence-corrected chi connectivity index (χ0v) is 17.4. The molecule has 156 valence electrons. The van der Waals surface area contributed by atoms with E-state index in [4.69, 9.17) is 9.47 Å². The third-order valence-electron chi connectivity index (χ3n) is 4.58. The quantitative estimate of drug-likeness (QED) is 0.584. The van der Waals surface area contributed by atoms with Crippen LogP contribution in [-0.4, -0.2) is 25.0 Å². The van der Waals surface area contributed by atoms with Gasteiger partial charge in [-0.3, -0.25) is 20.4 Å². The van der Waals surface area contributed by atoms with Crippen molar-refractivity contribution in [3.05, 3.63) is 71.8 Å². The summed E-state index contributed by atoms with van der Waals surface area (Å²) in [5, 5.41) is 2.12. The van der Waals surface area contributed by atoms with Gasteiger partial charge in [0.1, 0.15) is 11.5 Å². The zero-order chi connectivity index (χ0) is 21.5. The third-order valence-corrected chi connectivity index (χ3v) is 4.58. The summed E-state index contributed by atoms with van der Waals surface area (Å²) in [7, 11) is 0. The minimum atomic E-state index is -0.463. The number of rotatable bonds is 7. The van der Waals surface area contributed by atoms with Crippen molar-refractivity contribution in [2.45, 2.75) is 26.7 Å². The van der Waals surface area contributed by atoms with E-state index in [1.807, 2.05) is 61.5 Å². The Balaban J connectivity index is 1.44. The van der Waals surface area contributed by atoms with Gasteiger partial charge in [-0.25, -0.2) is 0 Å². The molecule has 3 aromatic rings. The first-order chi connectivity index (χ1) is 14.4. The van der Waals surface area contributed by atoms with E-state index in [1.165, 1.54) is 0 Å². The fourth-order valence-electron chi connectivity index (χ4n) is 3.00. The van der Waals surface area contributed by atoms with Gasteiger partial charge in [-0.1, -0.05) is 56.3 Å². The Morgan fingerprint density at radius 2 is 1.50 bits per heavy atom. The Bertz CT molecular complexity index is 1050. The first-order valence-corrected chi connectivity index (χ1v) is 9.85. The number of ether oxygens (including phenoxy) is 2. The monoisotopic (exact) mass is 406 g/mol. The number of hydrogen-bond acceptors (Lipinski definition) is 4. The highest BCUT2D eigenvalue weighted by atomic mass is 16.5. The molecule has 0 aliphatic carbocycles. The normalized spacial score (nSPS) is 10.7. The Morgan fingerprint density at radius 1 is 0.833 bits per heavy atom. The van der Waals surface area contributed by atoms with Gasteiger partial charge in [-0.15, -0.1) is 0 Å². The first kappa shape index (κ1) is 21.2. The number of hydrazine groups is 1. The molecule has 3 rings (SSSR count). The number of nitrogens with one attached hydrogen (secondary N) is 2. The average Bonchev–Trinajstić information content (AvgIpc) is 2.74. The number of carbonyl (C=O) groups excluding carboxylic acids is 2. The topological polar surface area (TPSA) is 76.7 Å². The molecular formula is C24H26N2O4. The van der Waals surface area contributed by atoms with Crippen molar-refractivity contribution in [1.29, 1.82) is 0 Å². The second-order valence-electron chi connectivity index (χ2n) is 7.38. The maximum atomic E-state index is 12.0. The van der Waals surface area contributed by atoms with Crippen molar-refractivity contribution in [2.24, 2.45) is 0 Å². The molecule has 0 spiro atoms. The van der Waals surface area contributed by atoms with Crippen LogP contribution in [0, 0.1) is 6.92 Å². The molecule has 0 atom stereocenters. The highest BCUT2D eigenvalue weighted by Gasteiger charge is 2.11. The van der Waals surface area contributed by atoms with Gasteiger partial charge in [0.05, 0.1) is 0 Å². The highest BCUT2D eigenvalue weighted by molar-refractivity contribution is 5.85. The maximum absolute atomic E-state index is 12.0. The smallest absolute Gasteiger partial charge is 0.276 e. The number of carbonyl (C=O) groups is 2. The van der Waals surface area contributed by atoms with Gasteiger partial charge >= 0.3 is 0 Å². The summed E-state index contributed by atoms with van der Waals surface area (Å²) in [6, 6.07) is 19.4. The van der Waals surface area contributed by atoms with Crippen LogP contribution in [0.1, 0.15) is 30.9 Å². The van der Waals surface area contributed by atoms with E-state index in [0.29, 0.717) is 11.5 Å². The molecule has 0 radical (unpaired) electrons. The minimum Gasteiger partial charge on any atom is -0.484 e. The predicted molar refractivity (Wildman–Crippen MR) is 116 cm³/mol. The van der Waals surface area contributed by atoms with Crippen LogP contribution in [0.15, 0.2) is 60.7 Å². The lowest BCUT2D eigenvalue weighted by molar-refractivity contribution is -0.131. The summed E-state index contributed by atoms with van der Waals surface area (Å²) in [6.07, 6.45) is 0. The van der Waals surface area contributed by atoms with E-state index in [0.717, 1.165) is 21.9 Å². The summed E-state index contributed by atoms with van der Waals surface area (Å²) >= 11 is 0. The van der Waals surface area contributed by atoms with Gasteiger partial charge < -0.3 is 9.47 Å². The van der Waals surface area contributed by atoms with Crippen molar-refractivity contribution < 1.29 is 19.1 Å². The summed E-state index contributed by atoms with van der Waals surface area (Å²) in [5.74, 6) is 0.612. The third kappa shape index (κ3) is 5.73. The number of amides is 2. The second-order valence-corrected chi connectivity index (χ2v) is 7.38. The molecule has 0 saturated carbocycles. The largest absolute Gasteiger partial charge is 0.484 e. The van der Waals surface area contributed by atoms with Crippen LogP contribution in [0.2, 0.25) is 0 Å². The lowest BCUT2D eigenvalue weighted by atomic mass is 10.0. The Hall–Kier alpha value is -3.54. The van der Waals surface area contributed by atoms with Crippen LogP contribution >= 0.6 is 0 Å². The van der Waals surface area contributed by atoms with E-state index in [9.17, 15) is 9.59 Å². The molecule has 0 unspecified atom stereocenters. The number of benzene rings is 3. The molecule has 0 bridgehead atoms. The molecule has 30 heavy (non-hydrogen) atoms. The number of fused-ring (bicyclic) bond motifs is 1. The summed E-state index contributed by atoms with van der Waals surface area (Å²) < 4.78 is 11.1. The molecule has 2 N–H and O–H groups in total. The van der Waals surface area contributed by atoms with Crippen LogP contribution in [0.5, 0.6) is 11.5 Å². The lowest BCUT2D eigenvalue weighted by Gasteiger charge is -2.15. The minimum absolute atomic E-state index is 0.199. The first-order valence-electron chi connectivity index (χ1n) is 9.85. The second kappa shape index (κ2) is 9.78. The van der Waals surface area contributed by atoms with Crippen molar-refractivity contribution in [3.63, 3.8) is 0 Å². The molecule has 2 amide bonds. The molecule has 6 nitrogen and oxygen atoms in total. The summed E-state index contributed by atoms with van der Waals surface area (Å²) in [5.41, 5.74) is 6.75. The van der Waals surface area contributed by atoms with Gasteiger partial charge in [0.15, 0.2) is 13.2 Å². The number of hydrogen-bond donors (Lipinski definition) is 2. The lowest BCUT2D eigenvalue weighted by Crippen LogP contribution is -2.45. The van der Waals surface area contributed by atoms with Gasteiger partial charge in [0, 0.05) is 0 Å². The van der Waals surface area contributed by atoms with E-state index in [1.54, 1.807) is 6.07 Å². The highest BCUT2D eigenvalue weighted by Crippen LogP contribution is 2.27. The fraction of sp³-hybridized carbons (Fsp3) is 0.250. The summed E-state index contributed by atoms with van der Waals surface area (Å²) in [6.45, 7) is 5.68.